The molecule has 6 nitrogen and oxygen atoms in total. The van der Waals surface area contributed by atoms with Crippen LogP contribution in [0.3, 0.4) is 0 Å². The molecule has 7 heteroatoms. The molecule has 0 spiro atoms. The lowest BCUT2D eigenvalue weighted by Gasteiger charge is -2.26. The van der Waals surface area contributed by atoms with Crippen LogP contribution in [0, 0.1) is 6.92 Å². The normalized spacial score (nSPS) is 16.2. The summed E-state index contributed by atoms with van der Waals surface area (Å²) in [5.41, 5.74) is 1.87. The highest BCUT2D eigenvalue weighted by Crippen LogP contribution is 2.17. The first-order chi connectivity index (χ1) is 14.0. The molecule has 3 rings (SSSR count). The van der Waals surface area contributed by atoms with Crippen molar-refractivity contribution in [1.82, 2.24) is 9.80 Å². The Hall–Kier alpha value is -2.22. The Morgan fingerprint density at radius 2 is 2.00 bits per heavy atom. The summed E-state index contributed by atoms with van der Waals surface area (Å²) in [4.78, 5) is 29.9. The Labute approximate surface area is 176 Å². The number of hydrogen-bond donors (Lipinski definition) is 1. The molecular weight excluding hydrogens is 386 g/mol. The molecule has 0 saturated carbocycles. The standard InChI is InChI=1S/C22H29N3O3S/c1-17-7-9-18(10-8-17)23-21(26)15-24(2)22(27)16-25(13-19-5-3-11-28-19)14-20-6-4-12-29-20/h4,6-10,12,19H,3,5,11,13-16H2,1-2H3,(H,23,26)/t19-/m0/s1. The number of hydrogen-bond acceptors (Lipinski definition) is 5. The van der Waals surface area contributed by atoms with Gasteiger partial charge >= 0.3 is 0 Å². The number of rotatable bonds is 9. The van der Waals surface area contributed by atoms with Crippen LogP contribution in [0.25, 0.3) is 0 Å². The predicted molar refractivity (Wildman–Crippen MR) is 116 cm³/mol. The molecule has 1 atom stereocenters. The van der Waals surface area contributed by atoms with Gasteiger partial charge in [-0.1, -0.05) is 23.8 Å². The number of anilines is 1. The van der Waals surface area contributed by atoms with E-state index in [1.807, 2.05) is 42.6 Å². The van der Waals surface area contributed by atoms with Crippen LogP contribution in [-0.4, -0.2) is 61.0 Å². The summed E-state index contributed by atoms with van der Waals surface area (Å²) in [7, 11) is 1.67. The van der Waals surface area contributed by atoms with Crippen LogP contribution in [0.4, 0.5) is 5.69 Å². The minimum atomic E-state index is -0.200. The quantitative estimate of drug-likeness (QED) is 0.684. The van der Waals surface area contributed by atoms with Crippen LogP contribution in [0.2, 0.25) is 0 Å². The zero-order valence-corrected chi connectivity index (χ0v) is 17.9. The molecule has 1 aliphatic rings. The number of carbonyl (C=O) groups excluding carboxylic acids is 2. The number of nitrogens with zero attached hydrogens (tertiary/aromatic N) is 2. The second kappa shape index (κ2) is 10.5. The van der Waals surface area contributed by atoms with Gasteiger partial charge in [-0.2, -0.15) is 0 Å². The lowest BCUT2D eigenvalue weighted by atomic mass is 10.2. The molecule has 0 aliphatic carbocycles. The van der Waals surface area contributed by atoms with Crippen molar-refractivity contribution in [2.24, 2.45) is 0 Å². The first-order valence-electron chi connectivity index (χ1n) is 9.96. The van der Waals surface area contributed by atoms with Crippen molar-refractivity contribution < 1.29 is 14.3 Å². The third kappa shape index (κ3) is 6.96. The number of aryl methyl sites for hydroxylation is 1. The van der Waals surface area contributed by atoms with E-state index in [9.17, 15) is 9.59 Å². The fourth-order valence-electron chi connectivity index (χ4n) is 3.34. The van der Waals surface area contributed by atoms with Crippen LogP contribution in [-0.2, 0) is 20.9 Å². The van der Waals surface area contributed by atoms with Gasteiger partial charge in [-0.3, -0.25) is 14.5 Å². The zero-order valence-electron chi connectivity index (χ0n) is 17.1. The number of likely N-dealkylation sites (N-methyl/N-ethyl adjacent to an activating group) is 1. The average Bonchev–Trinajstić information content (AvgIpc) is 3.37. The lowest BCUT2D eigenvalue weighted by molar-refractivity contribution is -0.134. The monoisotopic (exact) mass is 415 g/mol. The largest absolute Gasteiger partial charge is 0.377 e. The smallest absolute Gasteiger partial charge is 0.243 e. The van der Waals surface area contributed by atoms with Crippen LogP contribution in [0.15, 0.2) is 41.8 Å². The first kappa shape index (κ1) is 21.5. The molecule has 1 saturated heterocycles. The maximum Gasteiger partial charge on any atom is 0.243 e. The van der Waals surface area contributed by atoms with E-state index in [4.69, 9.17) is 4.74 Å². The summed E-state index contributed by atoms with van der Waals surface area (Å²) >= 11 is 1.69. The lowest BCUT2D eigenvalue weighted by Crippen LogP contribution is -2.43. The molecule has 1 fully saturated rings. The third-order valence-corrected chi connectivity index (χ3v) is 5.81. The molecule has 156 valence electrons. The summed E-state index contributed by atoms with van der Waals surface area (Å²) < 4.78 is 5.76. The van der Waals surface area contributed by atoms with Gasteiger partial charge in [0.15, 0.2) is 0 Å². The van der Waals surface area contributed by atoms with Crippen LogP contribution in [0.5, 0.6) is 0 Å². The van der Waals surface area contributed by atoms with Gasteiger partial charge in [0.2, 0.25) is 11.8 Å². The highest BCUT2D eigenvalue weighted by Gasteiger charge is 2.23. The predicted octanol–water partition coefficient (Wildman–Crippen LogP) is 3.13. The molecule has 29 heavy (non-hydrogen) atoms. The molecule has 2 heterocycles. The Kier molecular flexibility index (Phi) is 7.80. The van der Waals surface area contributed by atoms with Crippen molar-refractivity contribution in [2.45, 2.75) is 32.4 Å². The fourth-order valence-corrected chi connectivity index (χ4v) is 4.08. The fraction of sp³-hybridized carbons (Fsp3) is 0.455. The van der Waals surface area contributed by atoms with E-state index < -0.39 is 0 Å². The summed E-state index contributed by atoms with van der Waals surface area (Å²) in [6.45, 7) is 4.53. The number of carbonyl (C=O) groups is 2. The second-order valence-electron chi connectivity index (χ2n) is 7.55. The van der Waals surface area contributed by atoms with Gasteiger partial charge in [0.1, 0.15) is 0 Å². The number of ether oxygens (including phenoxy) is 1. The Balaban J connectivity index is 1.52. The molecule has 0 bridgehead atoms. The topological polar surface area (TPSA) is 61.9 Å². The Morgan fingerprint density at radius 3 is 2.66 bits per heavy atom. The first-order valence-corrected chi connectivity index (χ1v) is 10.8. The van der Waals surface area contributed by atoms with Gasteiger partial charge in [0.25, 0.3) is 0 Å². The SMILES string of the molecule is Cc1ccc(NC(=O)CN(C)C(=O)CN(Cc2cccs2)C[C@@H]2CCCO2)cc1. The molecular formula is C22H29N3O3S. The Morgan fingerprint density at radius 1 is 1.21 bits per heavy atom. The van der Waals surface area contributed by atoms with Crippen LogP contribution in [0.1, 0.15) is 23.3 Å². The van der Waals surface area contributed by atoms with Crippen molar-refractivity contribution in [2.75, 3.05) is 38.6 Å². The molecule has 1 aromatic carbocycles. The van der Waals surface area contributed by atoms with Gasteiger partial charge in [-0.15, -0.1) is 11.3 Å². The molecule has 2 aromatic rings. The van der Waals surface area contributed by atoms with E-state index >= 15 is 0 Å². The van der Waals surface area contributed by atoms with Crippen LogP contribution >= 0.6 is 11.3 Å². The molecule has 0 radical (unpaired) electrons. The van der Waals surface area contributed by atoms with Crippen molar-refractivity contribution in [3.05, 3.63) is 52.2 Å². The van der Waals surface area contributed by atoms with E-state index in [0.29, 0.717) is 6.54 Å². The molecule has 1 aromatic heterocycles. The number of thiophene rings is 1. The van der Waals surface area contributed by atoms with E-state index in [0.717, 1.165) is 37.2 Å². The minimum Gasteiger partial charge on any atom is -0.377 e. The maximum absolute atomic E-state index is 12.8. The molecule has 0 unspecified atom stereocenters. The van der Waals surface area contributed by atoms with Crippen molar-refractivity contribution >= 4 is 28.8 Å². The minimum absolute atomic E-state index is 0.0273. The number of nitrogens with one attached hydrogen (secondary N) is 1. The summed E-state index contributed by atoms with van der Waals surface area (Å²) in [5, 5.41) is 4.88. The van der Waals surface area contributed by atoms with E-state index in [2.05, 4.69) is 16.3 Å². The highest BCUT2D eigenvalue weighted by molar-refractivity contribution is 7.09. The van der Waals surface area contributed by atoms with Crippen molar-refractivity contribution in [1.29, 1.82) is 0 Å². The molecule has 2 amide bonds. The van der Waals surface area contributed by atoms with Gasteiger partial charge < -0.3 is 15.0 Å². The summed E-state index contributed by atoms with van der Waals surface area (Å²) in [6, 6.07) is 11.7. The third-order valence-electron chi connectivity index (χ3n) is 4.95. The highest BCUT2D eigenvalue weighted by atomic mass is 32.1. The summed E-state index contributed by atoms with van der Waals surface area (Å²) in [5.74, 6) is -0.271. The molecule has 1 aliphatic heterocycles. The second-order valence-corrected chi connectivity index (χ2v) is 8.58. The maximum atomic E-state index is 12.8. The van der Waals surface area contributed by atoms with E-state index in [-0.39, 0.29) is 31.0 Å². The van der Waals surface area contributed by atoms with Gasteiger partial charge in [0.05, 0.1) is 19.2 Å². The van der Waals surface area contributed by atoms with Gasteiger partial charge in [0, 0.05) is 37.3 Å². The van der Waals surface area contributed by atoms with Gasteiger partial charge in [-0.25, -0.2) is 0 Å². The Bertz CT molecular complexity index is 786. The molecule has 1 N–H and O–H groups in total. The number of benzene rings is 1. The van der Waals surface area contributed by atoms with E-state index in [1.54, 1.807) is 18.4 Å². The van der Waals surface area contributed by atoms with Crippen molar-refractivity contribution in [3.8, 4) is 0 Å². The summed E-state index contributed by atoms with van der Waals surface area (Å²) in [6.07, 6.45) is 2.28. The number of amides is 2. The average molecular weight is 416 g/mol. The zero-order chi connectivity index (χ0) is 20.6. The van der Waals surface area contributed by atoms with Crippen molar-refractivity contribution in [3.63, 3.8) is 0 Å². The van der Waals surface area contributed by atoms with Crippen LogP contribution < -0.4 is 5.32 Å². The van der Waals surface area contributed by atoms with Gasteiger partial charge in [-0.05, 0) is 43.3 Å². The van der Waals surface area contributed by atoms with E-state index in [1.165, 1.54) is 9.78 Å².